The Kier molecular flexibility index (Phi) is 9.25. The fourth-order valence-electron chi connectivity index (χ4n) is 3.94. The molecular formula is C28H33N3O4S. The second-order valence-electron chi connectivity index (χ2n) is 8.71. The van der Waals surface area contributed by atoms with Crippen LogP contribution in [0.3, 0.4) is 0 Å². The molecule has 7 nitrogen and oxygen atoms in total. The molecule has 0 fully saturated rings. The molecule has 3 aromatic rings. The summed E-state index contributed by atoms with van der Waals surface area (Å²) in [5, 5.41) is 2.85. The van der Waals surface area contributed by atoms with Crippen molar-refractivity contribution in [2.45, 2.75) is 32.9 Å². The largest absolute Gasteiger partial charge is 0.355 e. The smallest absolute Gasteiger partial charge is 0.244 e. The molecule has 0 spiro atoms. The summed E-state index contributed by atoms with van der Waals surface area (Å²) in [4.78, 5) is 28.6. The number of carbonyl (C=O) groups excluding carboxylic acids is 2. The molecule has 0 heterocycles. The van der Waals surface area contributed by atoms with E-state index in [0.29, 0.717) is 18.7 Å². The Balaban J connectivity index is 2.01. The minimum atomic E-state index is -3.75. The van der Waals surface area contributed by atoms with Crippen LogP contribution < -0.4 is 9.62 Å². The molecular weight excluding hydrogens is 474 g/mol. The molecule has 1 N–H and O–H groups in total. The van der Waals surface area contributed by atoms with E-state index in [-0.39, 0.29) is 12.5 Å². The van der Waals surface area contributed by atoms with E-state index in [1.54, 1.807) is 30.3 Å². The maximum Gasteiger partial charge on any atom is 0.244 e. The van der Waals surface area contributed by atoms with Crippen molar-refractivity contribution in [1.29, 1.82) is 0 Å². The number of hydrogen-bond acceptors (Lipinski definition) is 4. The molecule has 190 valence electrons. The SMILES string of the molecule is CCNC(=O)C(Cc1ccccc1)N(Cc1ccc(C)cc1)C(=O)CN(c1ccccc1)S(C)(=O)=O. The number of aryl methyl sites for hydroxylation is 1. The Morgan fingerprint density at radius 3 is 2.00 bits per heavy atom. The third-order valence-electron chi connectivity index (χ3n) is 5.82. The summed E-state index contributed by atoms with van der Waals surface area (Å²) in [6, 6.07) is 24.9. The van der Waals surface area contributed by atoms with Gasteiger partial charge < -0.3 is 10.2 Å². The number of carbonyl (C=O) groups is 2. The summed E-state index contributed by atoms with van der Waals surface area (Å²) >= 11 is 0. The lowest BCUT2D eigenvalue weighted by Gasteiger charge is -2.33. The van der Waals surface area contributed by atoms with Crippen LogP contribution in [0.25, 0.3) is 0 Å². The summed E-state index contributed by atoms with van der Waals surface area (Å²) in [7, 11) is -3.75. The van der Waals surface area contributed by atoms with Gasteiger partial charge in [0.05, 0.1) is 11.9 Å². The van der Waals surface area contributed by atoms with E-state index in [2.05, 4.69) is 5.32 Å². The summed E-state index contributed by atoms with van der Waals surface area (Å²) in [6.07, 6.45) is 1.37. The van der Waals surface area contributed by atoms with Gasteiger partial charge in [0.25, 0.3) is 0 Å². The number of hydrogen-bond donors (Lipinski definition) is 1. The maximum absolute atomic E-state index is 13.8. The van der Waals surface area contributed by atoms with Crippen LogP contribution in [-0.4, -0.2) is 50.5 Å². The van der Waals surface area contributed by atoms with Gasteiger partial charge in [-0.3, -0.25) is 13.9 Å². The van der Waals surface area contributed by atoms with Crippen LogP contribution in [0.1, 0.15) is 23.6 Å². The molecule has 0 bridgehead atoms. The first-order valence-electron chi connectivity index (χ1n) is 11.9. The molecule has 0 saturated carbocycles. The second-order valence-corrected chi connectivity index (χ2v) is 10.6. The lowest BCUT2D eigenvalue weighted by Crippen LogP contribution is -2.53. The summed E-state index contributed by atoms with van der Waals surface area (Å²) in [6.45, 7) is 3.96. The van der Waals surface area contributed by atoms with Crippen LogP contribution in [0.5, 0.6) is 0 Å². The van der Waals surface area contributed by atoms with Gasteiger partial charge in [0, 0.05) is 19.5 Å². The number of anilines is 1. The van der Waals surface area contributed by atoms with E-state index in [9.17, 15) is 18.0 Å². The van der Waals surface area contributed by atoms with E-state index in [0.717, 1.165) is 27.3 Å². The minimum Gasteiger partial charge on any atom is -0.355 e. The predicted molar refractivity (Wildman–Crippen MR) is 143 cm³/mol. The Hall–Kier alpha value is -3.65. The van der Waals surface area contributed by atoms with Crippen LogP contribution in [0.15, 0.2) is 84.9 Å². The summed E-state index contributed by atoms with van der Waals surface area (Å²) in [5.74, 6) is -0.746. The number of sulfonamides is 1. The molecule has 0 aliphatic heterocycles. The Morgan fingerprint density at radius 1 is 0.861 bits per heavy atom. The molecule has 8 heteroatoms. The molecule has 2 amide bonds. The first-order valence-corrected chi connectivity index (χ1v) is 13.7. The van der Waals surface area contributed by atoms with Gasteiger partial charge in [0.1, 0.15) is 12.6 Å². The average molecular weight is 508 g/mol. The van der Waals surface area contributed by atoms with Crippen LogP contribution in [0.4, 0.5) is 5.69 Å². The number of benzene rings is 3. The lowest BCUT2D eigenvalue weighted by atomic mass is 10.0. The first kappa shape index (κ1) is 26.9. The van der Waals surface area contributed by atoms with Gasteiger partial charge in [0.15, 0.2) is 0 Å². The molecule has 0 radical (unpaired) electrons. The van der Waals surface area contributed by atoms with E-state index in [1.165, 1.54) is 4.90 Å². The van der Waals surface area contributed by atoms with Crippen LogP contribution in [0.2, 0.25) is 0 Å². The van der Waals surface area contributed by atoms with Crippen LogP contribution in [-0.2, 0) is 32.6 Å². The second kappa shape index (κ2) is 12.4. The lowest BCUT2D eigenvalue weighted by molar-refractivity contribution is -0.140. The van der Waals surface area contributed by atoms with Crippen molar-refractivity contribution in [3.05, 3.63) is 102 Å². The standard InChI is InChI=1S/C28H33N3O4S/c1-4-29-28(33)26(19-23-11-7-5-8-12-23)30(20-24-17-15-22(2)16-18-24)27(32)21-31(36(3,34)35)25-13-9-6-10-14-25/h5-18,26H,4,19-21H2,1-3H3,(H,29,33). The van der Waals surface area contributed by atoms with E-state index in [1.807, 2.05) is 68.4 Å². The van der Waals surface area contributed by atoms with E-state index < -0.39 is 28.5 Å². The quantitative estimate of drug-likeness (QED) is 0.430. The number of nitrogens with zero attached hydrogens (tertiary/aromatic N) is 2. The molecule has 0 aromatic heterocycles. The van der Waals surface area contributed by atoms with Crippen molar-refractivity contribution in [1.82, 2.24) is 10.2 Å². The van der Waals surface area contributed by atoms with Gasteiger partial charge in [0.2, 0.25) is 21.8 Å². The predicted octanol–water partition coefficient (Wildman–Crippen LogP) is 3.54. The number of rotatable bonds is 11. The van der Waals surface area contributed by atoms with Crippen molar-refractivity contribution >= 4 is 27.5 Å². The molecule has 0 saturated heterocycles. The average Bonchev–Trinajstić information content (AvgIpc) is 2.86. The first-order chi connectivity index (χ1) is 17.2. The molecule has 0 aliphatic carbocycles. The van der Waals surface area contributed by atoms with Gasteiger partial charge in [-0.15, -0.1) is 0 Å². The molecule has 1 atom stereocenters. The van der Waals surface area contributed by atoms with Crippen molar-refractivity contribution in [3.63, 3.8) is 0 Å². The molecule has 0 aliphatic rings. The van der Waals surface area contributed by atoms with E-state index in [4.69, 9.17) is 0 Å². The normalized spacial score (nSPS) is 12.0. The zero-order chi connectivity index (χ0) is 26.1. The zero-order valence-corrected chi connectivity index (χ0v) is 21.7. The highest BCUT2D eigenvalue weighted by Gasteiger charge is 2.32. The zero-order valence-electron chi connectivity index (χ0n) is 20.9. The number of likely N-dealkylation sites (N-methyl/N-ethyl adjacent to an activating group) is 1. The summed E-state index contributed by atoms with van der Waals surface area (Å²) in [5.41, 5.74) is 3.22. The van der Waals surface area contributed by atoms with Gasteiger partial charge in [-0.25, -0.2) is 8.42 Å². The number of nitrogens with one attached hydrogen (secondary N) is 1. The Labute approximate surface area is 213 Å². The van der Waals surface area contributed by atoms with Gasteiger partial charge in [-0.2, -0.15) is 0 Å². The Morgan fingerprint density at radius 2 is 1.44 bits per heavy atom. The highest BCUT2D eigenvalue weighted by molar-refractivity contribution is 7.92. The number of para-hydroxylation sites is 1. The molecule has 36 heavy (non-hydrogen) atoms. The van der Waals surface area contributed by atoms with Crippen molar-refractivity contribution in [2.24, 2.45) is 0 Å². The van der Waals surface area contributed by atoms with Crippen molar-refractivity contribution in [2.75, 3.05) is 23.7 Å². The van der Waals surface area contributed by atoms with Crippen molar-refractivity contribution in [3.8, 4) is 0 Å². The highest BCUT2D eigenvalue weighted by Crippen LogP contribution is 2.20. The van der Waals surface area contributed by atoms with Gasteiger partial charge in [-0.1, -0.05) is 78.4 Å². The minimum absolute atomic E-state index is 0.167. The third kappa shape index (κ3) is 7.42. The summed E-state index contributed by atoms with van der Waals surface area (Å²) < 4.78 is 26.4. The maximum atomic E-state index is 13.8. The Bertz CT molecular complexity index is 1250. The van der Waals surface area contributed by atoms with Gasteiger partial charge >= 0.3 is 0 Å². The number of amides is 2. The monoisotopic (exact) mass is 507 g/mol. The van der Waals surface area contributed by atoms with Crippen LogP contribution in [0, 0.1) is 6.92 Å². The van der Waals surface area contributed by atoms with E-state index >= 15 is 0 Å². The third-order valence-corrected chi connectivity index (χ3v) is 6.96. The fraction of sp³-hybridized carbons (Fsp3) is 0.286. The van der Waals surface area contributed by atoms with Crippen molar-refractivity contribution < 1.29 is 18.0 Å². The van der Waals surface area contributed by atoms with Crippen LogP contribution >= 0.6 is 0 Å². The molecule has 3 aromatic carbocycles. The molecule has 1 unspecified atom stereocenters. The topological polar surface area (TPSA) is 86.8 Å². The molecule has 3 rings (SSSR count). The highest BCUT2D eigenvalue weighted by atomic mass is 32.2. The fourth-order valence-corrected chi connectivity index (χ4v) is 4.79. The van der Waals surface area contributed by atoms with Gasteiger partial charge in [-0.05, 0) is 37.1 Å².